The Kier molecular flexibility index (Phi) is 8.12. The SMILES string of the molecule is CNC1CCCN(CC(c2ccc(OCc3ccccc3)c(Cl)c2)C2(O)CCCCC2)C1. The highest BCUT2D eigenvalue weighted by molar-refractivity contribution is 6.32. The monoisotopic (exact) mass is 456 g/mol. The summed E-state index contributed by atoms with van der Waals surface area (Å²) in [7, 11) is 2.05. The molecule has 1 saturated heterocycles. The fourth-order valence-corrected chi connectivity index (χ4v) is 5.64. The molecule has 4 rings (SSSR count). The number of hydrogen-bond donors (Lipinski definition) is 2. The van der Waals surface area contributed by atoms with Crippen LogP contribution in [0.2, 0.25) is 5.02 Å². The minimum absolute atomic E-state index is 0.0547. The summed E-state index contributed by atoms with van der Waals surface area (Å²) >= 11 is 6.68. The molecule has 1 heterocycles. The molecule has 1 saturated carbocycles. The van der Waals surface area contributed by atoms with E-state index in [0.717, 1.165) is 56.4 Å². The zero-order valence-corrected chi connectivity index (χ0v) is 20.0. The van der Waals surface area contributed by atoms with Gasteiger partial charge in [-0.1, -0.05) is 67.3 Å². The molecule has 0 amide bonds. The van der Waals surface area contributed by atoms with Gasteiger partial charge in [0, 0.05) is 25.0 Å². The largest absolute Gasteiger partial charge is 0.487 e. The number of ether oxygens (including phenoxy) is 1. The highest BCUT2D eigenvalue weighted by Gasteiger charge is 2.40. The minimum Gasteiger partial charge on any atom is -0.487 e. The van der Waals surface area contributed by atoms with Gasteiger partial charge in [-0.25, -0.2) is 0 Å². The lowest BCUT2D eigenvalue weighted by atomic mass is 9.72. The number of benzene rings is 2. The maximum absolute atomic E-state index is 11.7. The molecule has 4 nitrogen and oxygen atoms in total. The van der Waals surface area contributed by atoms with E-state index in [-0.39, 0.29) is 5.92 Å². The van der Waals surface area contributed by atoms with Crippen molar-refractivity contribution in [2.75, 3.05) is 26.7 Å². The molecule has 5 heteroatoms. The fourth-order valence-electron chi connectivity index (χ4n) is 5.40. The topological polar surface area (TPSA) is 44.7 Å². The number of nitrogens with one attached hydrogen (secondary N) is 1. The van der Waals surface area contributed by atoms with Gasteiger partial charge in [0.15, 0.2) is 0 Å². The first-order valence-corrected chi connectivity index (χ1v) is 12.5. The molecule has 0 radical (unpaired) electrons. The van der Waals surface area contributed by atoms with Gasteiger partial charge in [-0.3, -0.25) is 0 Å². The van der Waals surface area contributed by atoms with Crippen molar-refractivity contribution in [3.05, 3.63) is 64.7 Å². The van der Waals surface area contributed by atoms with Crippen molar-refractivity contribution in [2.24, 2.45) is 0 Å². The van der Waals surface area contributed by atoms with E-state index in [0.29, 0.717) is 23.4 Å². The van der Waals surface area contributed by atoms with E-state index in [1.54, 1.807) is 0 Å². The second kappa shape index (κ2) is 11.0. The van der Waals surface area contributed by atoms with Crippen LogP contribution >= 0.6 is 11.6 Å². The average molecular weight is 457 g/mol. The maximum atomic E-state index is 11.7. The van der Waals surface area contributed by atoms with E-state index >= 15 is 0 Å². The maximum Gasteiger partial charge on any atom is 0.138 e. The molecule has 2 fully saturated rings. The zero-order valence-electron chi connectivity index (χ0n) is 19.2. The molecule has 0 bridgehead atoms. The van der Waals surface area contributed by atoms with Gasteiger partial charge in [0.2, 0.25) is 0 Å². The first-order valence-electron chi connectivity index (χ1n) is 12.2. The molecule has 2 unspecified atom stereocenters. The molecule has 0 spiro atoms. The number of halogens is 1. The van der Waals surface area contributed by atoms with E-state index < -0.39 is 5.60 Å². The van der Waals surface area contributed by atoms with Crippen LogP contribution in [-0.2, 0) is 6.61 Å². The first-order chi connectivity index (χ1) is 15.6. The van der Waals surface area contributed by atoms with Crippen molar-refractivity contribution in [1.82, 2.24) is 10.2 Å². The lowest BCUT2D eigenvalue weighted by Gasteiger charge is -2.43. The number of hydrogen-bond acceptors (Lipinski definition) is 4. The number of piperidine rings is 1. The van der Waals surface area contributed by atoms with Crippen LogP contribution in [0.25, 0.3) is 0 Å². The van der Waals surface area contributed by atoms with Crippen LogP contribution < -0.4 is 10.1 Å². The van der Waals surface area contributed by atoms with Gasteiger partial charge in [-0.15, -0.1) is 0 Å². The van der Waals surface area contributed by atoms with Crippen LogP contribution in [0.5, 0.6) is 5.75 Å². The highest BCUT2D eigenvalue weighted by Crippen LogP contribution is 2.42. The average Bonchev–Trinajstić information content (AvgIpc) is 2.83. The molecule has 2 aliphatic rings. The van der Waals surface area contributed by atoms with Crippen molar-refractivity contribution in [3.63, 3.8) is 0 Å². The Morgan fingerprint density at radius 1 is 1.12 bits per heavy atom. The molecule has 2 N–H and O–H groups in total. The van der Waals surface area contributed by atoms with Gasteiger partial charge in [-0.2, -0.15) is 0 Å². The quantitative estimate of drug-likeness (QED) is 0.559. The van der Waals surface area contributed by atoms with Crippen LogP contribution in [0.3, 0.4) is 0 Å². The third-order valence-corrected chi connectivity index (χ3v) is 7.61. The summed E-state index contributed by atoms with van der Waals surface area (Å²) in [6.45, 7) is 3.49. The summed E-state index contributed by atoms with van der Waals surface area (Å²) in [5, 5.41) is 15.8. The van der Waals surface area contributed by atoms with Crippen molar-refractivity contribution in [1.29, 1.82) is 0 Å². The van der Waals surface area contributed by atoms with Crippen molar-refractivity contribution in [2.45, 2.75) is 69.1 Å². The van der Waals surface area contributed by atoms with E-state index in [1.807, 2.05) is 49.5 Å². The molecule has 32 heavy (non-hydrogen) atoms. The standard InChI is InChI=1S/C27H37ClN2O2/c1-29-23-11-8-16-30(18-23)19-24(27(31)14-6-3-7-15-27)22-12-13-26(25(28)17-22)32-20-21-9-4-2-5-10-21/h2,4-5,9-10,12-13,17,23-24,29,31H,3,6-8,11,14-16,18-20H2,1H3. The van der Waals surface area contributed by atoms with E-state index in [2.05, 4.69) is 16.3 Å². The smallest absolute Gasteiger partial charge is 0.138 e. The molecule has 0 aromatic heterocycles. The summed E-state index contributed by atoms with van der Waals surface area (Å²) in [5.41, 5.74) is 1.57. The summed E-state index contributed by atoms with van der Waals surface area (Å²) in [6.07, 6.45) is 7.56. The van der Waals surface area contributed by atoms with Gasteiger partial charge < -0.3 is 20.1 Å². The number of rotatable bonds is 8. The molecule has 1 aliphatic carbocycles. The normalized spacial score (nSPS) is 22.4. The molecular weight excluding hydrogens is 420 g/mol. The zero-order chi connectivity index (χ0) is 22.4. The Bertz CT molecular complexity index is 854. The van der Waals surface area contributed by atoms with Gasteiger partial charge in [0.1, 0.15) is 12.4 Å². The molecule has 2 aromatic carbocycles. The Hall–Kier alpha value is -1.59. The van der Waals surface area contributed by atoms with E-state index in [1.165, 1.54) is 19.3 Å². The first kappa shape index (κ1) is 23.6. The van der Waals surface area contributed by atoms with Crippen LogP contribution in [0, 0.1) is 0 Å². The second-order valence-electron chi connectivity index (χ2n) is 9.57. The number of likely N-dealkylation sites (N-methyl/N-ethyl adjacent to an activating group) is 1. The Morgan fingerprint density at radius 2 is 1.91 bits per heavy atom. The Labute approximate surface area is 197 Å². The molecule has 2 atom stereocenters. The lowest BCUT2D eigenvalue weighted by molar-refractivity contribution is -0.0329. The van der Waals surface area contributed by atoms with Gasteiger partial charge in [0.05, 0.1) is 10.6 Å². The van der Waals surface area contributed by atoms with Crippen LogP contribution in [0.1, 0.15) is 62.0 Å². The van der Waals surface area contributed by atoms with Crippen molar-refractivity contribution < 1.29 is 9.84 Å². The molecular formula is C27H37ClN2O2. The lowest BCUT2D eigenvalue weighted by Crippen LogP contribution is -2.49. The summed E-state index contributed by atoms with van der Waals surface area (Å²) in [6, 6.07) is 16.8. The predicted octanol–water partition coefficient (Wildman–Crippen LogP) is 5.38. The number of aliphatic hydroxyl groups is 1. The van der Waals surface area contributed by atoms with Crippen LogP contribution in [0.4, 0.5) is 0 Å². The van der Waals surface area contributed by atoms with Crippen LogP contribution in [0.15, 0.2) is 48.5 Å². The summed E-state index contributed by atoms with van der Waals surface area (Å²) < 4.78 is 5.99. The van der Waals surface area contributed by atoms with Gasteiger partial charge in [-0.05, 0) is 62.5 Å². The summed E-state index contributed by atoms with van der Waals surface area (Å²) in [5.74, 6) is 0.751. The van der Waals surface area contributed by atoms with E-state index in [4.69, 9.17) is 16.3 Å². The highest BCUT2D eigenvalue weighted by atomic mass is 35.5. The third-order valence-electron chi connectivity index (χ3n) is 7.32. The minimum atomic E-state index is -0.666. The molecule has 174 valence electrons. The molecule has 1 aliphatic heterocycles. The van der Waals surface area contributed by atoms with Crippen LogP contribution in [-0.4, -0.2) is 48.3 Å². The predicted molar refractivity (Wildman–Crippen MR) is 132 cm³/mol. The van der Waals surface area contributed by atoms with Crippen molar-refractivity contribution in [3.8, 4) is 5.75 Å². The summed E-state index contributed by atoms with van der Waals surface area (Å²) in [4.78, 5) is 2.52. The molecule has 2 aromatic rings. The van der Waals surface area contributed by atoms with Crippen molar-refractivity contribution >= 4 is 11.6 Å². The second-order valence-corrected chi connectivity index (χ2v) is 9.98. The Morgan fingerprint density at radius 3 is 2.62 bits per heavy atom. The third kappa shape index (κ3) is 5.85. The number of nitrogens with zero attached hydrogens (tertiary/aromatic N) is 1. The Balaban J connectivity index is 1.52. The fraction of sp³-hybridized carbons (Fsp3) is 0.556. The van der Waals surface area contributed by atoms with Gasteiger partial charge >= 0.3 is 0 Å². The van der Waals surface area contributed by atoms with Gasteiger partial charge in [0.25, 0.3) is 0 Å². The van der Waals surface area contributed by atoms with E-state index in [9.17, 15) is 5.11 Å². The number of likely N-dealkylation sites (tertiary alicyclic amines) is 1.